The molecule has 0 saturated carbocycles. The van der Waals surface area contributed by atoms with Crippen LogP contribution in [-0.4, -0.2) is 42.5 Å². The zero-order valence-corrected chi connectivity index (χ0v) is 9.07. The minimum atomic E-state index is -0.636. The van der Waals surface area contributed by atoms with Crippen molar-refractivity contribution in [2.75, 3.05) is 38.3 Å². The third-order valence-corrected chi connectivity index (χ3v) is 3.11. The molecule has 13 heavy (non-hydrogen) atoms. The number of nitrogens with one attached hydrogen (secondary N) is 1. The molecular formula is C9H19NO2S. The number of ether oxygens (including phenoxy) is 1. The van der Waals surface area contributed by atoms with E-state index in [0.717, 1.165) is 38.5 Å². The van der Waals surface area contributed by atoms with Crippen LogP contribution in [0.25, 0.3) is 0 Å². The van der Waals surface area contributed by atoms with Crippen LogP contribution in [0.15, 0.2) is 0 Å². The summed E-state index contributed by atoms with van der Waals surface area (Å²) < 4.78 is 16.0. The third kappa shape index (κ3) is 5.39. The van der Waals surface area contributed by atoms with Crippen LogP contribution in [0.4, 0.5) is 0 Å². The molecule has 0 amide bonds. The fraction of sp³-hybridized carbons (Fsp3) is 1.00. The van der Waals surface area contributed by atoms with E-state index >= 15 is 0 Å². The van der Waals surface area contributed by atoms with Crippen LogP contribution < -0.4 is 5.32 Å². The molecule has 2 unspecified atom stereocenters. The molecule has 1 aliphatic heterocycles. The van der Waals surface area contributed by atoms with E-state index in [1.807, 2.05) is 0 Å². The summed E-state index contributed by atoms with van der Waals surface area (Å²) in [7, 11) is -0.636. The minimum Gasteiger partial charge on any atom is -0.381 e. The number of hydrogen-bond acceptors (Lipinski definition) is 3. The van der Waals surface area contributed by atoms with Crippen molar-refractivity contribution >= 4 is 10.8 Å². The maximum Gasteiger partial charge on any atom is 0.0507 e. The summed E-state index contributed by atoms with van der Waals surface area (Å²) in [6.07, 6.45) is 3.95. The zero-order chi connectivity index (χ0) is 9.52. The molecule has 1 saturated heterocycles. The van der Waals surface area contributed by atoms with Crippen molar-refractivity contribution < 1.29 is 8.95 Å². The van der Waals surface area contributed by atoms with Gasteiger partial charge in [-0.1, -0.05) is 0 Å². The average Bonchev–Trinajstić information content (AvgIpc) is 2.55. The van der Waals surface area contributed by atoms with Gasteiger partial charge in [-0.2, -0.15) is 0 Å². The fourth-order valence-corrected chi connectivity index (χ4v) is 2.00. The summed E-state index contributed by atoms with van der Waals surface area (Å²) in [5.41, 5.74) is 0. The minimum absolute atomic E-state index is 0.636. The van der Waals surface area contributed by atoms with E-state index in [2.05, 4.69) is 5.32 Å². The summed E-state index contributed by atoms with van der Waals surface area (Å²) in [6.45, 7) is 3.87. The van der Waals surface area contributed by atoms with Gasteiger partial charge in [-0.25, -0.2) is 0 Å². The molecule has 0 aromatic heterocycles. The van der Waals surface area contributed by atoms with Crippen molar-refractivity contribution in [2.24, 2.45) is 5.92 Å². The van der Waals surface area contributed by atoms with Gasteiger partial charge >= 0.3 is 0 Å². The lowest BCUT2D eigenvalue weighted by Gasteiger charge is -2.08. The Labute approximate surface area is 82.7 Å². The van der Waals surface area contributed by atoms with E-state index in [4.69, 9.17) is 4.74 Å². The van der Waals surface area contributed by atoms with Crippen molar-refractivity contribution in [2.45, 2.75) is 12.8 Å². The van der Waals surface area contributed by atoms with Crippen LogP contribution in [0.5, 0.6) is 0 Å². The molecule has 1 N–H and O–H groups in total. The first-order valence-electron chi connectivity index (χ1n) is 4.87. The number of rotatable bonds is 6. The molecule has 78 valence electrons. The van der Waals surface area contributed by atoms with Crippen molar-refractivity contribution in [3.05, 3.63) is 0 Å². The van der Waals surface area contributed by atoms with Crippen molar-refractivity contribution in [3.63, 3.8) is 0 Å². The van der Waals surface area contributed by atoms with Gasteiger partial charge < -0.3 is 10.1 Å². The highest BCUT2D eigenvalue weighted by Gasteiger charge is 2.14. The van der Waals surface area contributed by atoms with Crippen molar-refractivity contribution in [1.82, 2.24) is 5.32 Å². The average molecular weight is 205 g/mol. The first-order chi connectivity index (χ1) is 6.29. The lowest BCUT2D eigenvalue weighted by Crippen LogP contribution is -2.24. The summed E-state index contributed by atoms with van der Waals surface area (Å²) in [5.74, 6) is 1.51. The standard InChI is InChI=1S/C9H19NO2S/c1-13(11)6-2-4-10-7-9-3-5-12-8-9/h9-10H,2-8H2,1H3. The van der Waals surface area contributed by atoms with Crippen LogP contribution in [-0.2, 0) is 15.5 Å². The molecule has 0 spiro atoms. The lowest BCUT2D eigenvalue weighted by atomic mass is 10.1. The molecule has 3 nitrogen and oxygen atoms in total. The Balaban J connectivity index is 1.86. The van der Waals surface area contributed by atoms with Gasteiger partial charge in [0.15, 0.2) is 0 Å². The molecule has 0 aliphatic carbocycles. The van der Waals surface area contributed by atoms with Crippen LogP contribution in [0.2, 0.25) is 0 Å². The van der Waals surface area contributed by atoms with Gasteiger partial charge in [0, 0.05) is 36.0 Å². The molecule has 2 atom stereocenters. The van der Waals surface area contributed by atoms with E-state index < -0.39 is 10.8 Å². The summed E-state index contributed by atoms with van der Waals surface area (Å²) in [6, 6.07) is 0. The predicted octanol–water partition coefficient (Wildman–Crippen LogP) is 0.381. The summed E-state index contributed by atoms with van der Waals surface area (Å²) >= 11 is 0. The van der Waals surface area contributed by atoms with Gasteiger partial charge in [-0.05, 0) is 25.3 Å². The summed E-state index contributed by atoms with van der Waals surface area (Å²) in [4.78, 5) is 0. The molecule has 0 aromatic carbocycles. The molecule has 1 rings (SSSR count). The maximum absolute atomic E-state index is 10.7. The molecule has 0 radical (unpaired) electrons. The maximum atomic E-state index is 10.7. The topological polar surface area (TPSA) is 38.3 Å². The monoisotopic (exact) mass is 205 g/mol. The van der Waals surface area contributed by atoms with E-state index in [-0.39, 0.29) is 0 Å². The quantitative estimate of drug-likeness (QED) is 0.637. The predicted molar refractivity (Wildman–Crippen MR) is 55.3 cm³/mol. The van der Waals surface area contributed by atoms with Gasteiger partial charge in [-0.15, -0.1) is 0 Å². The van der Waals surface area contributed by atoms with Gasteiger partial charge in [-0.3, -0.25) is 4.21 Å². The highest BCUT2D eigenvalue weighted by molar-refractivity contribution is 7.84. The Bertz CT molecular complexity index is 158. The molecule has 1 aliphatic rings. The van der Waals surface area contributed by atoms with Gasteiger partial charge in [0.05, 0.1) is 6.61 Å². The molecule has 4 heteroatoms. The molecule has 1 fully saturated rings. The second-order valence-electron chi connectivity index (χ2n) is 3.56. The molecule has 1 heterocycles. The molecule has 0 aromatic rings. The van der Waals surface area contributed by atoms with E-state index in [1.165, 1.54) is 6.42 Å². The van der Waals surface area contributed by atoms with Crippen molar-refractivity contribution in [3.8, 4) is 0 Å². The fourth-order valence-electron chi connectivity index (χ4n) is 1.45. The summed E-state index contributed by atoms with van der Waals surface area (Å²) in [5, 5.41) is 3.37. The lowest BCUT2D eigenvalue weighted by molar-refractivity contribution is 0.185. The Morgan fingerprint density at radius 3 is 3.08 bits per heavy atom. The third-order valence-electron chi connectivity index (χ3n) is 2.24. The van der Waals surface area contributed by atoms with Crippen molar-refractivity contribution in [1.29, 1.82) is 0 Å². The van der Waals surface area contributed by atoms with E-state index in [9.17, 15) is 4.21 Å². The normalized spacial score (nSPS) is 24.8. The van der Waals surface area contributed by atoms with E-state index in [0.29, 0.717) is 5.92 Å². The van der Waals surface area contributed by atoms with Crippen LogP contribution in [0.3, 0.4) is 0 Å². The Kier molecular flexibility index (Phi) is 5.58. The zero-order valence-electron chi connectivity index (χ0n) is 8.25. The smallest absolute Gasteiger partial charge is 0.0507 e. The second-order valence-corrected chi connectivity index (χ2v) is 5.12. The Hall–Kier alpha value is 0.0700. The van der Waals surface area contributed by atoms with Gasteiger partial charge in [0.1, 0.15) is 0 Å². The first kappa shape index (κ1) is 11.1. The SMILES string of the molecule is CS(=O)CCCNCC1CCOC1. The van der Waals surface area contributed by atoms with Crippen LogP contribution >= 0.6 is 0 Å². The second kappa shape index (κ2) is 6.51. The largest absolute Gasteiger partial charge is 0.381 e. The highest BCUT2D eigenvalue weighted by atomic mass is 32.2. The van der Waals surface area contributed by atoms with Crippen LogP contribution in [0.1, 0.15) is 12.8 Å². The Morgan fingerprint density at radius 1 is 1.62 bits per heavy atom. The molecular weight excluding hydrogens is 186 g/mol. The van der Waals surface area contributed by atoms with Gasteiger partial charge in [0.2, 0.25) is 0 Å². The first-order valence-corrected chi connectivity index (χ1v) is 6.60. The molecule has 0 bridgehead atoms. The number of hydrogen-bond donors (Lipinski definition) is 1. The highest BCUT2D eigenvalue weighted by Crippen LogP contribution is 2.10. The van der Waals surface area contributed by atoms with Crippen LogP contribution in [0, 0.1) is 5.92 Å². The van der Waals surface area contributed by atoms with E-state index in [1.54, 1.807) is 6.26 Å². The van der Waals surface area contributed by atoms with Gasteiger partial charge in [0.25, 0.3) is 0 Å². The Morgan fingerprint density at radius 2 is 2.46 bits per heavy atom.